The van der Waals surface area contributed by atoms with Crippen LogP contribution in [0.15, 0.2) is 91.1 Å². The summed E-state index contributed by atoms with van der Waals surface area (Å²) in [5, 5.41) is 2.66. The van der Waals surface area contributed by atoms with Gasteiger partial charge in [0.15, 0.2) is 11.7 Å². The molecule has 59 heavy (non-hydrogen) atoms. The first-order valence-corrected chi connectivity index (χ1v) is 22.6. The maximum absolute atomic E-state index is 2.75. The van der Waals surface area contributed by atoms with E-state index >= 15 is 0 Å². The molecular weight excluding hydrogens is 713 g/mol. The molecule has 0 aliphatic carbocycles. The number of pyridine rings is 1. The summed E-state index contributed by atoms with van der Waals surface area (Å²) >= 11 is 0. The lowest BCUT2D eigenvalue weighted by atomic mass is 9.59. The number of aromatic nitrogens is 1. The van der Waals surface area contributed by atoms with Crippen molar-refractivity contribution in [1.82, 2.24) is 0 Å². The van der Waals surface area contributed by atoms with Gasteiger partial charge in [-0.2, -0.15) is 4.57 Å². The summed E-state index contributed by atoms with van der Waals surface area (Å²) < 4.78 is 2.67. The van der Waals surface area contributed by atoms with Crippen LogP contribution < -0.4 is 9.47 Å². The summed E-state index contributed by atoms with van der Waals surface area (Å²) in [5.74, 6) is 0. The van der Waals surface area contributed by atoms with Gasteiger partial charge in [-0.05, 0) is 108 Å². The van der Waals surface area contributed by atoms with E-state index in [2.05, 4.69) is 198 Å². The molecule has 5 heterocycles. The number of fused-ring (bicyclic) bond motifs is 5. The van der Waals surface area contributed by atoms with Crippen molar-refractivity contribution in [3.8, 4) is 22.4 Å². The van der Waals surface area contributed by atoms with Crippen molar-refractivity contribution >= 4 is 27.8 Å². The quantitative estimate of drug-likeness (QED) is 0.162. The molecule has 2 heteroatoms. The van der Waals surface area contributed by atoms with Crippen LogP contribution in [0.25, 0.3) is 33.2 Å². The Bertz CT molecular complexity index is 2680. The first-order valence-electron chi connectivity index (χ1n) is 22.6. The van der Waals surface area contributed by atoms with Crippen LogP contribution in [0.2, 0.25) is 0 Å². The van der Waals surface area contributed by atoms with Crippen molar-refractivity contribution in [1.29, 1.82) is 0 Å². The molecule has 2 nitrogen and oxygen atoms in total. The van der Waals surface area contributed by atoms with Gasteiger partial charge < -0.3 is 4.90 Å². The second kappa shape index (κ2) is 12.0. The molecule has 302 valence electrons. The smallest absolute Gasteiger partial charge is 0.221 e. The zero-order valence-corrected chi connectivity index (χ0v) is 38.4. The standard InChI is InChI=1S/C57H65N2/c1-15-57(16-2)25-23-35-21-22-36(27-41(35)48-40-20-18-17-19-34(40)24-26-58(48)57)37-28-42-49-43(29-37)55(11,12)45-31-39(53(6,7)8)33-47-51(45)59(49)50-44(54(42,9)10)30-38(52(3,4)5)32-46(50)56(47,13)14/h17-22,24,26-33H,15-16,23,25H2,1-14H3/q+1. The Morgan fingerprint density at radius 3 is 1.51 bits per heavy atom. The van der Waals surface area contributed by atoms with Gasteiger partial charge in [0, 0.05) is 41.6 Å². The number of hydrogen-bond acceptors (Lipinski definition) is 1. The maximum Gasteiger partial charge on any atom is 0.221 e. The van der Waals surface area contributed by atoms with Gasteiger partial charge in [0.2, 0.25) is 5.69 Å². The van der Waals surface area contributed by atoms with Crippen molar-refractivity contribution in [3.63, 3.8) is 0 Å². The molecule has 0 radical (unpaired) electrons. The van der Waals surface area contributed by atoms with Gasteiger partial charge in [0.05, 0.1) is 28.0 Å². The second-order valence-corrected chi connectivity index (χ2v) is 22.4. The fourth-order valence-corrected chi connectivity index (χ4v) is 11.8. The minimum absolute atomic E-state index is 0.0149. The average Bonchev–Trinajstić information content (AvgIpc) is 3.33. The van der Waals surface area contributed by atoms with E-state index in [4.69, 9.17) is 0 Å². The highest BCUT2D eigenvalue weighted by atomic mass is 15.2. The molecule has 0 saturated carbocycles. The van der Waals surface area contributed by atoms with Crippen LogP contribution >= 0.6 is 0 Å². The lowest BCUT2D eigenvalue weighted by molar-refractivity contribution is -0.756. The summed E-state index contributed by atoms with van der Waals surface area (Å²) in [7, 11) is 0. The molecule has 0 saturated heterocycles. The van der Waals surface area contributed by atoms with Crippen LogP contribution in [0.4, 0.5) is 17.1 Å². The summed E-state index contributed by atoms with van der Waals surface area (Å²) in [6.45, 7) is 34.1. The molecule has 0 unspecified atom stereocenters. The molecule has 1 aromatic heterocycles. The third-order valence-corrected chi connectivity index (χ3v) is 16.0. The van der Waals surface area contributed by atoms with Crippen LogP contribution in [0.3, 0.4) is 0 Å². The molecule has 0 fully saturated rings. The van der Waals surface area contributed by atoms with Gasteiger partial charge in [-0.1, -0.05) is 152 Å². The largest absolute Gasteiger partial charge is 0.309 e. The summed E-state index contributed by atoms with van der Waals surface area (Å²) in [4.78, 5) is 2.75. The highest BCUT2D eigenvalue weighted by Crippen LogP contribution is 2.67. The topological polar surface area (TPSA) is 7.12 Å². The normalized spacial score (nSPS) is 18.5. The molecule has 0 bridgehead atoms. The third kappa shape index (κ3) is 5.07. The Labute approximate surface area is 354 Å². The fraction of sp³-hybridized carbons (Fsp3) is 0.421. The Hall–Kier alpha value is -4.69. The van der Waals surface area contributed by atoms with Crippen molar-refractivity contribution in [2.45, 2.75) is 155 Å². The number of anilines is 3. The number of hydrogen-bond donors (Lipinski definition) is 0. The summed E-state index contributed by atoms with van der Waals surface area (Å²) in [5.41, 5.74) is 22.1. The minimum atomic E-state index is -0.222. The Morgan fingerprint density at radius 1 is 0.559 bits per heavy atom. The number of benzene rings is 5. The highest BCUT2D eigenvalue weighted by Gasteiger charge is 2.53. The molecule has 10 rings (SSSR count). The van der Waals surface area contributed by atoms with E-state index in [9.17, 15) is 0 Å². The van der Waals surface area contributed by atoms with Crippen molar-refractivity contribution in [3.05, 3.63) is 141 Å². The van der Waals surface area contributed by atoms with E-state index in [1.165, 1.54) is 100 Å². The minimum Gasteiger partial charge on any atom is -0.309 e. The van der Waals surface area contributed by atoms with Crippen molar-refractivity contribution in [2.24, 2.45) is 0 Å². The first-order chi connectivity index (χ1) is 27.6. The van der Waals surface area contributed by atoms with Crippen molar-refractivity contribution < 1.29 is 4.57 Å². The molecule has 0 atom stereocenters. The van der Waals surface area contributed by atoms with Gasteiger partial charge >= 0.3 is 0 Å². The molecule has 4 aliphatic heterocycles. The lowest BCUT2D eigenvalue weighted by Gasteiger charge is -2.55. The summed E-state index contributed by atoms with van der Waals surface area (Å²) in [6.07, 6.45) is 6.86. The Morgan fingerprint density at radius 2 is 1.03 bits per heavy atom. The molecule has 6 aromatic rings. The van der Waals surface area contributed by atoms with E-state index in [0.717, 1.165) is 25.7 Å². The fourth-order valence-electron chi connectivity index (χ4n) is 11.8. The monoisotopic (exact) mass is 778 g/mol. The predicted octanol–water partition coefficient (Wildman–Crippen LogP) is 14.9. The van der Waals surface area contributed by atoms with E-state index in [0.29, 0.717) is 0 Å². The van der Waals surface area contributed by atoms with Gasteiger partial charge in [-0.25, -0.2) is 0 Å². The third-order valence-electron chi connectivity index (χ3n) is 16.0. The maximum atomic E-state index is 2.75. The average molecular weight is 778 g/mol. The van der Waals surface area contributed by atoms with E-state index in [1.807, 2.05) is 0 Å². The number of aryl methyl sites for hydroxylation is 1. The van der Waals surface area contributed by atoms with Gasteiger partial charge in [-0.15, -0.1) is 0 Å². The van der Waals surface area contributed by atoms with Crippen molar-refractivity contribution in [2.75, 3.05) is 4.90 Å². The zero-order chi connectivity index (χ0) is 42.0. The van der Waals surface area contributed by atoms with Crippen LogP contribution in [0.5, 0.6) is 0 Å². The first kappa shape index (κ1) is 38.5. The van der Waals surface area contributed by atoms with Crippen LogP contribution in [-0.2, 0) is 39.0 Å². The SMILES string of the molecule is CCC1(CC)CCc2ccc(-c3cc4c5c(c3)C(C)(C)c3cc(C(C)(C)C)cc6c3N5c3c(cc(C(C)(C)C)cc3C6(C)C)C4(C)C)cc2-c2c3ccccc3cc[n+]21. The molecule has 4 aliphatic rings. The van der Waals surface area contributed by atoms with Crippen LogP contribution in [-0.4, -0.2) is 0 Å². The van der Waals surface area contributed by atoms with E-state index < -0.39 is 0 Å². The van der Waals surface area contributed by atoms with E-state index in [1.54, 1.807) is 0 Å². The molecule has 5 aromatic carbocycles. The zero-order valence-electron chi connectivity index (χ0n) is 38.4. The summed E-state index contributed by atoms with van der Waals surface area (Å²) in [6, 6.07) is 34.3. The molecule has 0 spiro atoms. The van der Waals surface area contributed by atoms with Gasteiger partial charge in [0.1, 0.15) is 0 Å². The van der Waals surface area contributed by atoms with E-state index in [-0.39, 0.29) is 32.6 Å². The lowest BCUT2D eigenvalue weighted by Crippen LogP contribution is -2.56. The highest BCUT2D eigenvalue weighted by molar-refractivity contribution is 6.00. The number of rotatable bonds is 3. The Balaban J connectivity index is 1.29. The molecular formula is C57H65N2+. The predicted molar refractivity (Wildman–Crippen MR) is 250 cm³/mol. The van der Waals surface area contributed by atoms with Crippen LogP contribution in [0, 0.1) is 0 Å². The second-order valence-electron chi connectivity index (χ2n) is 22.4. The molecule has 0 amide bonds. The van der Waals surface area contributed by atoms with Crippen LogP contribution in [0.1, 0.15) is 166 Å². The number of nitrogens with zero attached hydrogens (tertiary/aromatic N) is 2. The van der Waals surface area contributed by atoms with Gasteiger partial charge in [0.25, 0.3) is 0 Å². The molecule has 0 N–H and O–H groups in total. The van der Waals surface area contributed by atoms with Gasteiger partial charge in [-0.3, -0.25) is 0 Å². The Kier molecular flexibility index (Phi) is 7.82.